The van der Waals surface area contributed by atoms with Gasteiger partial charge in [0.05, 0.1) is 23.5 Å². The van der Waals surface area contributed by atoms with Gasteiger partial charge in [-0.05, 0) is 92.0 Å². The van der Waals surface area contributed by atoms with Crippen molar-refractivity contribution in [3.05, 3.63) is 124 Å². The van der Waals surface area contributed by atoms with Gasteiger partial charge in [-0.25, -0.2) is 0 Å². The molecule has 2 unspecified atom stereocenters. The van der Waals surface area contributed by atoms with E-state index in [-0.39, 0.29) is 12.1 Å². The summed E-state index contributed by atoms with van der Waals surface area (Å²) in [6, 6.07) is 29.7. The van der Waals surface area contributed by atoms with Gasteiger partial charge in [0.25, 0.3) is 0 Å². The average molecular weight is 568 g/mol. The zero-order chi connectivity index (χ0) is 25.7. The highest BCUT2D eigenvalue weighted by Crippen LogP contribution is 2.44. The molecule has 0 radical (unpaired) electrons. The van der Waals surface area contributed by atoms with Crippen LogP contribution in [0.5, 0.6) is 0 Å². The van der Waals surface area contributed by atoms with Crippen LogP contribution in [0, 0.1) is 20.8 Å². The third-order valence-corrected chi connectivity index (χ3v) is 8.52. The number of rotatable bonds is 4. The first-order valence-corrected chi connectivity index (χ1v) is 13.6. The van der Waals surface area contributed by atoms with E-state index in [2.05, 4.69) is 124 Å². The van der Waals surface area contributed by atoms with E-state index in [1.165, 1.54) is 39.0 Å². The summed E-state index contributed by atoms with van der Waals surface area (Å²) in [4.78, 5) is 6.98. The lowest BCUT2D eigenvalue weighted by molar-refractivity contribution is 0.565. The molecule has 1 aliphatic rings. The van der Waals surface area contributed by atoms with Crippen LogP contribution >= 0.6 is 28.1 Å². The number of thiocarbonyl (C=S) groups is 1. The second-order valence-corrected chi connectivity index (χ2v) is 10.8. The van der Waals surface area contributed by atoms with Crippen molar-refractivity contribution in [1.82, 2.24) is 14.9 Å². The van der Waals surface area contributed by atoms with E-state index in [1.54, 1.807) is 0 Å². The van der Waals surface area contributed by atoms with Crippen LogP contribution in [-0.4, -0.2) is 14.7 Å². The fourth-order valence-electron chi connectivity index (χ4n) is 5.59. The second-order valence-electron chi connectivity index (χ2n) is 9.59. The van der Waals surface area contributed by atoms with Crippen LogP contribution in [0.3, 0.4) is 0 Å². The van der Waals surface area contributed by atoms with Gasteiger partial charge in [-0.1, -0.05) is 58.4 Å². The standard InChI is InChI=1S/C31H27BrN4S/c1-19-17-23(14-15-26(19)32)36-30(29(34-31(36)37)27-12-6-7-16-33-27)25-18-20(2)35(21(25)3)28-13-8-10-22-9-4-5-11-24(22)28/h4-18,29-30H,1-3H3,(H,34,37). The molecule has 0 saturated carbocycles. The highest BCUT2D eigenvalue weighted by Gasteiger charge is 2.42. The number of pyridine rings is 1. The summed E-state index contributed by atoms with van der Waals surface area (Å²) in [7, 11) is 0. The van der Waals surface area contributed by atoms with Crippen LogP contribution < -0.4 is 10.2 Å². The zero-order valence-electron chi connectivity index (χ0n) is 20.9. The Hall–Kier alpha value is -3.48. The maximum Gasteiger partial charge on any atom is 0.174 e. The van der Waals surface area contributed by atoms with Crippen molar-refractivity contribution in [2.24, 2.45) is 0 Å². The Kier molecular flexibility index (Phi) is 6.09. The summed E-state index contributed by atoms with van der Waals surface area (Å²) in [6.07, 6.45) is 1.85. The van der Waals surface area contributed by atoms with Gasteiger partial charge in [0.2, 0.25) is 0 Å². The van der Waals surface area contributed by atoms with Crippen LogP contribution in [0.25, 0.3) is 16.5 Å². The smallest absolute Gasteiger partial charge is 0.174 e. The Morgan fingerprint density at radius 2 is 1.68 bits per heavy atom. The number of benzene rings is 3. The Morgan fingerprint density at radius 1 is 0.892 bits per heavy atom. The summed E-state index contributed by atoms with van der Waals surface area (Å²) in [5, 5.41) is 6.78. The van der Waals surface area contributed by atoms with Crippen LogP contribution in [0.4, 0.5) is 5.69 Å². The van der Waals surface area contributed by atoms with Crippen LogP contribution in [0.1, 0.15) is 40.3 Å². The predicted molar refractivity (Wildman–Crippen MR) is 160 cm³/mol. The molecule has 3 heterocycles. The summed E-state index contributed by atoms with van der Waals surface area (Å²) in [6.45, 7) is 6.51. The van der Waals surface area contributed by atoms with E-state index in [4.69, 9.17) is 17.2 Å². The molecule has 4 nitrogen and oxygen atoms in total. The van der Waals surface area contributed by atoms with E-state index in [0.29, 0.717) is 5.11 Å². The van der Waals surface area contributed by atoms with Crippen LogP contribution in [0.2, 0.25) is 0 Å². The van der Waals surface area contributed by atoms with Crippen molar-refractivity contribution in [3.8, 4) is 5.69 Å². The van der Waals surface area contributed by atoms with Crippen molar-refractivity contribution < 1.29 is 0 Å². The third-order valence-electron chi connectivity index (χ3n) is 7.31. The molecule has 0 spiro atoms. The quantitative estimate of drug-likeness (QED) is 0.224. The summed E-state index contributed by atoms with van der Waals surface area (Å²) >= 11 is 9.61. The van der Waals surface area contributed by atoms with Crippen molar-refractivity contribution in [2.75, 3.05) is 4.90 Å². The van der Waals surface area contributed by atoms with Gasteiger partial charge in [0, 0.05) is 33.1 Å². The van der Waals surface area contributed by atoms with Gasteiger partial charge in [0.1, 0.15) is 0 Å². The number of hydrogen-bond donors (Lipinski definition) is 1. The predicted octanol–water partition coefficient (Wildman–Crippen LogP) is 7.89. The first-order valence-electron chi connectivity index (χ1n) is 12.4. The van der Waals surface area contributed by atoms with Gasteiger partial charge >= 0.3 is 0 Å². The molecule has 1 saturated heterocycles. The number of aromatic nitrogens is 2. The lowest BCUT2D eigenvalue weighted by Gasteiger charge is -2.28. The van der Waals surface area contributed by atoms with E-state index < -0.39 is 0 Å². The fourth-order valence-corrected chi connectivity index (χ4v) is 6.18. The third kappa shape index (κ3) is 4.05. The monoisotopic (exact) mass is 566 g/mol. The van der Waals surface area contributed by atoms with Crippen molar-refractivity contribution in [3.63, 3.8) is 0 Å². The van der Waals surface area contributed by atoms with E-state index in [9.17, 15) is 0 Å². The number of halogens is 1. The Bertz CT molecular complexity index is 1640. The minimum Gasteiger partial charge on any atom is -0.351 e. The largest absolute Gasteiger partial charge is 0.351 e. The molecule has 5 aromatic rings. The Morgan fingerprint density at radius 3 is 2.46 bits per heavy atom. The molecule has 1 fully saturated rings. The van der Waals surface area contributed by atoms with Crippen molar-refractivity contribution in [2.45, 2.75) is 32.9 Å². The topological polar surface area (TPSA) is 33.1 Å². The van der Waals surface area contributed by atoms with Gasteiger partial charge in [-0.2, -0.15) is 0 Å². The maximum atomic E-state index is 5.96. The second kappa shape index (κ2) is 9.43. The molecular weight excluding hydrogens is 540 g/mol. The highest BCUT2D eigenvalue weighted by atomic mass is 79.9. The molecule has 0 aliphatic carbocycles. The number of hydrogen-bond acceptors (Lipinski definition) is 2. The Labute approximate surface area is 231 Å². The fraction of sp³-hybridized carbons (Fsp3) is 0.161. The minimum atomic E-state index is -0.0841. The van der Waals surface area contributed by atoms with Crippen LogP contribution in [0.15, 0.2) is 95.6 Å². The molecule has 0 amide bonds. The molecule has 0 bridgehead atoms. The number of nitrogens with zero attached hydrogens (tertiary/aromatic N) is 3. The van der Waals surface area contributed by atoms with Gasteiger partial charge in [-0.3, -0.25) is 4.98 Å². The molecule has 1 aliphatic heterocycles. The molecule has 2 aromatic heterocycles. The lowest BCUT2D eigenvalue weighted by Crippen LogP contribution is -2.29. The first-order chi connectivity index (χ1) is 17.9. The van der Waals surface area contributed by atoms with Gasteiger partial charge in [-0.15, -0.1) is 0 Å². The van der Waals surface area contributed by atoms with E-state index >= 15 is 0 Å². The lowest BCUT2D eigenvalue weighted by atomic mass is 9.96. The summed E-state index contributed by atoms with van der Waals surface area (Å²) < 4.78 is 3.46. The van der Waals surface area contributed by atoms with Crippen molar-refractivity contribution in [1.29, 1.82) is 0 Å². The minimum absolute atomic E-state index is 0.0575. The molecule has 1 N–H and O–H groups in total. The number of nitrogens with one attached hydrogen (secondary N) is 1. The molecular formula is C31H27BrN4S. The maximum absolute atomic E-state index is 5.96. The molecule has 184 valence electrons. The Balaban J connectivity index is 1.55. The molecule has 37 heavy (non-hydrogen) atoms. The summed E-state index contributed by atoms with van der Waals surface area (Å²) in [5.41, 5.74) is 8.01. The van der Waals surface area contributed by atoms with Crippen LogP contribution in [-0.2, 0) is 0 Å². The van der Waals surface area contributed by atoms with Gasteiger partial charge in [0.15, 0.2) is 5.11 Å². The summed E-state index contributed by atoms with van der Waals surface area (Å²) in [5.74, 6) is 0. The molecule has 2 atom stereocenters. The zero-order valence-corrected chi connectivity index (χ0v) is 23.3. The van der Waals surface area contributed by atoms with Crippen molar-refractivity contribution >= 4 is 49.7 Å². The molecule has 6 rings (SSSR count). The SMILES string of the molecule is Cc1cc(N2C(=S)NC(c3ccccn3)C2c2cc(C)n(-c3cccc4ccccc34)c2C)ccc1Br. The number of anilines is 1. The normalized spacial score (nSPS) is 17.4. The molecule has 3 aromatic carbocycles. The molecule has 6 heteroatoms. The first kappa shape index (κ1) is 23.9. The number of aryl methyl sites for hydroxylation is 2. The van der Waals surface area contributed by atoms with Gasteiger partial charge < -0.3 is 14.8 Å². The van der Waals surface area contributed by atoms with E-state index in [1.807, 2.05) is 18.3 Å². The average Bonchev–Trinajstić information content (AvgIpc) is 3.40. The number of fused-ring (bicyclic) bond motifs is 1. The highest BCUT2D eigenvalue weighted by molar-refractivity contribution is 9.10. The van der Waals surface area contributed by atoms with E-state index in [0.717, 1.165) is 15.9 Å².